The molecule has 0 saturated heterocycles. The smallest absolute Gasteiger partial charge is 0.377 e. The van der Waals surface area contributed by atoms with Crippen LogP contribution in [0.3, 0.4) is 0 Å². The maximum atomic E-state index is 5.78. The molecule has 0 atom stereocenters. The molecule has 1 aromatic carbocycles. The quantitative estimate of drug-likeness (QED) is 0.464. The van der Waals surface area contributed by atoms with E-state index in [0.29, 0.717) is 39.1 Å². The monoisotopic (exact) mass is 298 g/mol. The molecule has 20 heavy (non-hydrogen) atoms. The second-order valence-electron chi connectivity index (χ2n) is 4.27. The zero-order chi connectivity index (χ0) is 14.7. The Morgan fingerprint density at radius 3 is 1.90 bits per heavy atom. The van der Waals surface area contributed by atoms with Gasteiger partial charge in [0.1, 0.15) is 0 Å². The summed E-state index contributed by atoms with van der Waals surface area (Å²) in [6, 6.07) is 10.8. The average Bonchev–Trinajstić information content (AvgIpc) is 2.46. The van der Waals surface area contributed by atoms with Gasteiger partial charge >= 0.3 is 8.80 Å². The van der Waals surface area contributed by atoms with Gasteiger partial charge in [-0.2, -0.15) is 0 Å². The molecular formula is C15H26O4Si. The molecule has 5 heteroatoms. The maximum absolute atomic E-state index is 5.78. The standard InChI is InChI=1S/C15H26O4Si/c1-4-17-20(18-5-2,19-6-3)13-12-16-14-15-10-8-7-9-11-15/h7-11H,4-6,12-14H2,1-3H3. The molecule has 0 fully saturated rings. The number of rotatable bonds is 11. The fraction of sp³-hybridized carbons (Fsp3) is 0.600. The lowest BCUT2D eigenvalue weighted by Gasteiger charge is -2.28. The predicted octanol–water partition coefficient (Wildman–Crippen LogP) is 3.25. The van der Waals surface area contributed by atoms with E-state index in [2.05, 4.69) is 12.1 Å². The number of benzene rings is 1. The van der Waals surface area contributed by atoms with Gasteiger partial charge in [0.05, 0.1) is 13.2 Å². The molecule has 0 aliphatic carbocycles. The van der Waals surface area contributed by atoms with Crippen LogP contribution in [-0.2, 0) is 24.6 Å². The van der Waals surface area contributed by atoms with Crippen molar-refractivity contribution < 1.29 is 18.0 Å². The molecule has 0 aliphatic heterocycles. The van der Waals surface area contributed by atoms with E-state index in [1.54, 1.807) is 0 Å². The summed E-state index contributed by atoms with van der Waals surface area (Å²) in [7, 11) is -2.56. The van der Waals surface area contributed by atoms with Gasteiger partial charge in [0.2, 0.25) is 0 Å². The number of hydrogen-bond donors (Lipinski definition) is 0. The molecule has 0 saturated carbocycles. The van der Waals surface area contributed by atoms with Crippen molar-refractivity contribution in [2.24, 2.45) is 0 Å². The van der Waals surface area contributed by atoms with Crippen LogP contribution < -0.4 is 0 Å². The van der Waals surface area contributed by atoms with Crippen LogP contribution in [0.1, 0.15) is 26.3 Å². The zero-order valence-electron chi connectivity index (χ0n) is 12.8. The maximum Gasteiger partial charge on any atom is 0.503 e. The molecule has 0 radical (unpaired) electrons. The molecule has 0 unspecified atom stereocenters. The summed E-state index contributed by atoms with van der Waals surface area (Å²) in [5, 5.41) is 0. The van der Waals surface area contributed by atoms with Gasteiger partial charge in [0.15, 0.2) is 0 Å². The molecule has 1 rings (SSSR count). The van der Waals surface area contributed by atoms with Crippen molar-refractivity contribution in [3.05, 3.63) is 35.9 Å². The molecule has 0 heterocycles. The first-order valence-electron chi connectivity index (χ1n) is 7.29. The van der Waals surface area contributed by atoms with Crippen LogP contribution in [0.5, 0.6) is 0 Å². The summed E-state index contributed by atoms with van der Waals surface area (Å²) >= 11 is 0. The Labute approximate surface area is 123 Å². The van der Waals surface area contributed by atoms with Crippen molar-refractivity contribution in [3.8, 4) is 0 Å². The summed E-state index contributed by atoms with van der Waals surface area (Å²) in [4.78, 5) is 0. The van der Waals surface area contributed by atoms with E-state index in [9.17, 15) is 0 Å². The Balaban J connectivity index is 2.40. The highest BCUT2D eigenvalue weighted by Gasteiger charge is 2.39. The first-order valence-corrected chi connectivity index (χ1v) is 9.23. The van der Waals surface area contributed by atoms with E-state index >= 15 is 0 Å². The highest BCUT2D eigenvalue weighted by molar-refractivity contribution is 6.60. The molecular weight excluding hydrogens is 272 g/mol. The van der Waals surface area contributed by atoms with Gasteiger partial charge in [-0.3, -0.25) is 0 Å². The lowest BCUT2D eigenvalue weighted by molar-refractivity contribution is 0.0554. The van der Waals surface area contributed by atoms with Gasteiger partial charge in [0.25, 0.3) is 0 Å². The van der Waals surface area contributed by atoms with Crippen LogP contribution in [0.2, 0.25) is 6.04 Å². The van der Waals surface area contributed by atoms with Gasteiger partial charge in [-0.15, -0.1) is 0 Å². The van der Waals surface area contributed by atoms with Crippen LogP contribution >= 0.6 is 0 Å². The van der Waals surface area contributed by atoms with Crippen molar-refractivity contribution in [1.29, 1.82) is 0 Å². The molecule has 0 amide bonds. The highest BCUT2D eigenvalue weighted by atomic mass is 28.4. The molecule has 114 valence electrons. The molecule has 0 bridgehead atoms. The zero-order valence-corrected chi connectivity index (χ0v) is 13.8. The second-order valence-corrected chi connectivity index (χ2v) is 7.00. The summed E-state index contributed by atoms with van der Waals surface area (Å²) in [5.41, 5.74) is 1.17. The molecule has 1 aromatic rings. The Bertz CT molecular complexity index is 328. The van der Waals surface area contributed by atoms with Crippen molar-refractivity contribution in [1.82, 2.24) is 0 Å². The second kappa shape index (κ2) is 10.1. The third-order valence-electron chi connectivity index (χ3n) is 2.76. The van der Waals surface area contributed by atoms with Gasteiger partial charge in [-0.1, -0.05) is 30.3 Å². The normalized spacial score (nSPS) is 11.8. The molecule has 0 N–H and O–H groups in total. The van der Waals surface area contributed by atoms with E-state index in [1.807, 2.05) is 39.0 Å². The third-order valence-corrected chi connectivity index (χ3v) is 5.76. The van der Waals surface area contributed by atoms with E-state index in [0.717, 1.165) is 0 Å². The Morgan fingerprint density at radius 1 is 0.850 bits per heavy atom. The number of ether oxygens (including phenoxy) is 1. The van der Waals surface area contributed by atoms with Crippen molar-refractivity contribution >= 4 is 8.80 Å². The predicted molar refractivity (Wildman–Crippen MR) is 81.5 cm³/mol. The lowest BCUT2D eigenvalue weighted by Crippen LogP contribution is -2.46. The minimum Gasteiger partial charge on any atom is -0.377 e. The minimum absolute atomic E-state index is 0.584. The number of hydrogen-bond acceptors (Lipinski definition) is 4. The molecule has 0 aliphatic rings. The highest BCUT2D eigenvalue weighted by Crippen LogP contribution is 2.16. The summed E-state index contributed by atoms with van der Waals surface area (Å²) < 4.78 is 23.0. The van der Waals surface area contributed by atoms with E-state index in [4.69, 9.17) is 18.0 Å². The van der Waals surface area contributed by atoms with Crippen LogP contribution in [0.25, 0.3) is 0 Å². The van der Waals surface area contributed by atoms with Crippen LogP contribution in [-0.4, -0.2) is 35.2 Å². The van der Waals surface area contributed by atoms with Gasteiger partial charge in [0, 0.05) is 25.9 Å². The fourth-order valence-electron chi connectivity index (χ4n) is 1.96. The third kappa shape index (κ3) is 6.15. The Morgan fingerprint density at radius 2 is 1.40 bits per heavy atom. The van der Waals surface area contributed by atoms with E-state index in [-0.39, 0.29) is 0 Å². The van der Waals surface area contributed by atoms with Crippen LogP contribution in [0.15, 0.2) is 30.3 Å². The van der Waals surface area contributed by atoms with E-state index < -0.39 is 8.80 Å². The van der Waals surface area contributed by atoms with Crippen molar-refractivity contribution in [2.75, 3.05) is 26.4 Å². The first kappa shape index (κ1) is 17.3. The molecule has 0 spiro atoms. The molecule has 4 nitrogen and oxygen atoms in total. The SMILES string of the molecule is CCO[Si](CCOCc1ccccc1)(OCC)OCC. The first-order chi connectivity index (χ1) is 9.76. The van der Waals surface area contributed by atoms with E-state index in [1.165, 1.54) is 5.56 Å². The lowest BCUT2D eigenvalue weighted by atomic mass is 10.2. The summed E-state index contributed by atoms with van der Waals surface area (Å²) in [6.07, 6.45) is 0. The van der Waals surface area contributed by atoms with Crippen LogP contribution in [0.4, 0.5) is 0 Å². The Kier molecular flexibility index (Phi) is 8.72. The largest absolute Gasteiger partial charge is 0.503 e. The summed E-state index contributed by atoms with van der Waals surface area (Å²) in [5.74, 6) is 0. The van der Waals surface area contributed by atoms with Gasteiger partial charge < -0.3 is 18.0 Å². The molecule has 0 aromatic heterocycles. The minimum atomic E-state index is -2.56. The average molecular weight is 298 g/mol. The summed E-state index contributed by atoms with van der Waals surface area (Å²) in [6.45, 7) is 8.89. The van der Waals surface area contributed by atoms with Gasteiger partial charge in [-0.05, 0) is 26.3 Å². The van der Waals surface area contributed by atoms with Crippen molar-refractivity contribution in [3.63, 3.8) is 0 Å². The fourth-order valence-corrected chi connectivity index (χ4v) is 4.36. The van der Waals surface area contributed by atoms with Gasteiger partial charge in [-0.25, -0.2) is 0 Å². The van der Waals surface area contributed by atoms with Crippen molar-refractivity contribution in [2.45, 2.75) is 33.4 Å². The topological polar surface area (TPSA) is 36.9 Å². The van der Waals surface area contributed by atoms with Crippen LogP contribution in [0, 0.1) is 0 Å². The Hall–Kier alpha value is -0.723.